The molecule has 0 saturated heterocycles. The molecule has 0 amide bonds. The molecule has 0 heterocycles. The van der Waals surface area contributed by atoms with E-state index in [0.717, 1.165) is 17.7 Å². The Bertz CT molecular complexity index is 512. The van der Waals surface area contributed by atoms with E-state index in [0.29, 0.717) is 18.8 Å². The summed E-state index contributed by atoms with van der Waals surface area (Å²) >= 11 is 0. The van der Waals surface area contributed by atoms with Gasteiger partial charge in [0.1, 0.15) is 6.07 Å². The summed E-state index contributed by atoms with van der Waals surface area (Å²) in [5.41, 5.74) is 0.601. The minimum atomic E-state index is -4.43. The number of benzene rings is 1. The maximum Gasteiger partial charge on any atom is 0.416 e. The molecule has 5 heteroatoms. The zero-order valence-corrected chi connectivity index (χ0v) is 10.9. The van der Waals surface area contributed by atoms with Crippen LogP contribution in [0, 0.1) is 11.3 Å². The van der Waals surface area contributed by atoms with Crippen LogP contribution in [0.25, 0.3) is 0 Å². The van der Waals surface area contributed by atoms with E-state index in [1.807, 2.05) is 24.8 Å². The summed E-state index contributed by atoms with van der Waals surface area (Å²) in [5, 5.41) is 9.02. The van der Waals surface area contributed by atoms with Crippen LogP contribution in [0.5, 0.6) is 0 Å². The number of likely N-dealkylation sites (N-methyl/N-ethyl adjacent to an activating group) is 1. The Morgan fingerprint density at radius 1 is 1.42 bits per heavy atom. The molecule has 0 aliphatic rings. The summed E-state index contributed by atoms with van der Waals surface area (Å²) in [4.78, 5) is 1.82. The first kappa shape index (κ1) is 15.1. The van der Waals surface area contributed by atoms with E-state index in [-0.39, 0.29) is 5.56 Å². The maximum atomic E-state index is 12.6. The second-order valence-electron chi connectivity index (χ2n) is 4.31. The average Bonchev–Trinajstić information content (AvgIpc) is 2.33. The summed E-state index contributed by atoms with van der Waals surface area (Å²) < 4.78 is 37.8. The van der Waals surface area contributed by atoms with Crippen LogP contribution in [0.15, 0.2) is 30.4 Å². The molecule has 0 aliphatic carbocycles. The molecule has 0 N–H and O–H groups in total. The fourth-order valence-corrected chi connectivity index (χ4v) is 1.77. The Hall–Kier alpha value is -1.96. The second kappa shape index (κ2) is 5.79. The molecule has 19 heavy (non-hydrogen) atoms. The summed E-state index contributed by atoms with van der Waals surface area (Å²) in [6.07, 6.45) is -4.43. The fraction of sp³-hybridized carbons (Fsp3) is 0.357. The second-order valence-corrected chi connectivity index (χ2v) is 4.31. The highest BCUT2D eigenvalue weighted by Crippen LogP contribution is 2.32. The standard InChI is InChI=1S/C14H15F3N2/c1-4-19(9-10(2)3)13-6-5-12(14(15,16)17)7-11(13)8-18/h5-7H,2,4,9H2,1,3H3. The van der Waals surface area contributed by atoms with Crippen LogP contribution < -0.4 is 4.90 Å². The number of halogens is 3. The smallest absolute Gasteiger partial charge is 0.367 e. The van der Waals surface area contributed by atoms with Gasteiger partial charge in [-0.25, -0.2) is 0 Å². The number of nitrogens with zero attached hydrogens (tertiary/aromatic N) is 2. The zero-order chi connectivity index (χ0) is 14.6. The van der Waals surface area contributed by atoms with Gasteiger partial charge in [0.2, 0.25) is 0 Å². The molecule has 0 fully saturated rings. The van der Waals surface area contributed by atoms with Crippen molar-refractivity contribution in [2.75, 3.05) is 18.0 Å². The minimum Gasteiger partial charge on any atom is -0.367 e. The molecule has 0 saturated carbocycles. The Balaban J connectivity index is 3.22. The summed E-state index contributed by atoms with van der Waals surface area (Å²) in [6.45, 7) is 8.59. The van der Waals surface area contributed by atoms with Gasteiger partial charge in [-0.3, -0.25) is 0 Å². The van der Waals surface area contributed by atoms with Crippen molar-refractivity contribution in [3.8, 4) is 6.07 Å². The van der Waals surface area contributed by atoms with Gasteiger partial charge < -0.3 is 4.90 Å². The van der Waals surface area contributed by atoms with Crippen LogP contribution in [0.3, 0.4) is 0 Å². The van der Waals surface area contributed by atoms with Gasteiger partial charge in [-0.2, -0.15) is 18.4 Å². The van der Waals surface area contributed by atoms with Gasteiger partial charge >= 0.3 is 6.18 Å². The van der Waals surface area contributed by atoms with Crippen molar-refractivity contribution in [2.24, 2.45) is 0 Å². The van der Waals surface area contributed by atoms with Gasteiger partial charge in [-0.05, 0) is 32.0 Å². The third-order valence-electron chi connectivity index (χ3n) is 2.63. The van der Waals surface area contributed by atoms with Gasteiger partial charge in [0.25, 0.3) is 0 Å². The van der Waals surface area contributed by atoms with Crippen molar-refractivity contribution in [1.82, 2.24) is 0 Å². The number of anilines is 1. The molecular weight excluding hydrogens is 253 g/mol. The Morgan fingerprint density at radius 2 is 2.05 bits per heavy atom. The predicted octanol–water partition coefficient (Wildman–Crippen LogP) is 3.98. The Labute approximate surface area is 110 Å². The normalized spacial score (nSPS) is 10.9. The van der Waals surface area contributed by atoms with E-state index in [1.54, 1.807) is 0 Å². The van der Waals surface area contributed by atoms with E-state index in [4.69, 9.17) is 5.26 Å². The van der Waals surface area contributed by atoms with Gasteiger partial charge in [-0.1, -0.05) is 12.2 Å². The first-order valence-corrected chi connectivity index (χ1v) is 5.80. The number of hydrogen-bond acceptors (Lipinski definition) is 2. The van der Waals surface area contributed by atoms with Crippen molar-refractivity contribution < 1.29 is 13.2 Å². The van der Waals surface area contributed by atoms with E-state index in [1.165, 1.54) is 6.07 Å². The molecule has 0 bridgehead atoms. The number of alkyl halides is 3. The van der Waals surface area contributed by atoms with Crippen molar-refractivity contribution >= 4 is 5.69 Å². The van der Waals surface area contributed by atoms with Crippen molar-refractivity contribution in [1.29, 1.82) is 5.26 Å². The number of nitriles is 1. The molecule has 0 unspecified atom stereocenters. The highest BCUT2D eigenvalue weighted by molar-refractivity contribution is 5.61. The molecule has 2 nitrogen and oxygen atoms in total. The van der Waals surface area contributed by atoms with Crippen LogP contribution in [-0.4, -0.2) is 13.1 Å². The lowest BCUT2D eigenvalue weighted by Crippen LogP contribution is -2.25. The molecule has 0 atom stereocenters. The monoisotopic (exact) mass is 268 g/mol. The molecule has 0 aromatic heterocycles. The third-order valence-corrected chi connectivity index (χ3v) is 2.63. The molecule has 102 valence electrons. The van der Waals surface area contributed by atoms with Gasteiger partial charge in [0, 0.05) is 13.1 Å². The van der Waals surface area contributed by atoms with E-state index >= 15 is 0 Å². The van der Waals surface area contributed by atoms with Gasteiger partial charge in [0.15, 0.2) is 0 Å². The molecule has 1 rings (SSSR count). The topological polar surface area (TPSA) is 27.0 Å². The Kier molecular flexibility index (Phi) is 4.60. The lowest BCUT2D eigenvalue weighted by Gasteiger charge is -2.24. The first-order valence-electron chi connectivity index (χ1n) is 5.80. The lowest BCUT2D eigenvalue weighted by molar-refractivity contribution is -0.137. The maximum absolute atomic E-state index is 12.6. The van der Waals surface area contributed by atoms with E-state index in [9.17, 15) is 13.2 Å². The molecule has 1 aromatic rings. The lowest BCUT2D eigenvalue weighted by atomic mass is 10.1. The quantitative estimate of drug-likeness (QED) is 0.772. The SMILES string of the molecule is C=C(C)CN(CC)c1ccc(C(F)(F)F)cc1C#N. The van der Waals surface area contributed by atoms with Crippen molar-refractivity contribution in [2.45, 2.75) is 20.0 Å². The molecule has 1 aromatic carbocycles. The van der Waals surface area contributed by atoms with Crippen LogP contribution >= 0.6 is 0 Å². The average molecular weight is 268 g/mol. The van der Waals surface area contributed by atoms with Crippen LogP contribution in [0.2, 0.25) is 0 Å². The number of rotatable bonds is 4. The van der Waals surface area contributed by atoms with Crippen LogP contribution in [0.1, 0.15) is 25.0 Å². The van der Waals surface area contributed by atoms with E-state index in [2.05, 4.69) is 6.58 Å². The fourth-order valence-electron chi connectivity index (χ4n) is 1.77. The van der Waals surface area contributed by atoms with Gasteiger partial charge in [-0.15, -0.1) is 0 Å². The van der Waals surface area contributed by atoms with Crippen LogP contribution in [-0.2, 0) is 6.18 Å². The first-order chi connectivity index (χ1) is 8.79. The van der Waals surface area contributed by atoms with Crippen molar-refractivity contribution in [3.63, 3.8) is 0 Å². The Morgan fingerprint density at radius 3 is 2.47 bits per heavy atom. The van der Waals surface area contributed by atoms with Crippen LogP contribution in [0.4, 0.5) is 18.9 Å². The highest BCUT2D eigenvalue weighted by Gasteiger charge is 2.31. The predicted molar refractivity (Wildman–Crippen MR) is 68.9 cm³/mol. The summed E-state index contributed by atoms with van der Waals surface area (Å²) in [6, 6.07) is 5.05. The molecule has 0 aliphatic heterocycles. The zero-order valence-electron chi connectivity index (χ0n) is 10.9. The minimum absolute atomic E-state index is 0.0259. The highest BCUT2D eigenvalue weighted by atomic mass is 19.4. The summed E-state index contributed by atoms with van der Waals surface area (Å²) in [7, 11) is 0. The third kappa shape index (κ3) is 3.75. The molecule has 0 spiro atoms. The van der Waals surface area contributed by atoms with Gasteiger partial charge in [0.05, 0.1) is 16.8 Å². The number of hydrogen-bond donors (Lipinski definition) is 0. The molecule has 0 radical (unpaired) electrons. The molecular formula is C14H15F3N2. The largest absolute Gasteiger partial charge is 0.416 e. The summed E-state index contributed by atoms with van der Waals surface area (Å²) in [5.74, 6) is 0. The van der Waals surface area contributed by atoms with E-state index < -0.39 is 11.7 Å². The van der Waals surface area contributed by atoms with Crippen molar-refractivity contribution in [3.05, 3.63) is 41.5 Å².